The quantitative estimate of drug-likeness (QED) is 0.364. The summed E-state index contributed by atoms with van der Waals surface area (Å²) in [4.78, 5) is 29.0. The first-order valence-electron chi connectivity index (χ1n) is 11.1. The van der Waals surface area contributed by atoms with Crippen molar-refractivity contribution >= 4 is 28.5 Å². The van der Waals surface area contributed by atoms with Crippen molar-refractivity contribution in [2.45, 2.75) is 26.3 Å². The Balaban J connectivity index is 1.62. The first-order chi connectivity index (χ1) is 16.4. The number of rotatable bonds is 5. The number of nitrogens with zero attached hydrogens (tertiary/aromatic N) is 1. The molecule has 1 aromatic heterocycles. The summed E-state index contributed by atoms with van der Waals surface area (Å²) in [7, 11) is 1.63. The van der Waals surface area contributed by atoms with E-state index in [0.717, 1.165) is 28.0 Å². The number of hydrogen-bond donors (Lipinski definition) is 0. The fourth-order valence-electron chi connectivity index (χ4n) is 4.74. The average molecular weight is 474 g/mol. The van der Waals surface area contributed by atoms with Gasteiger partial charge in [0, 0.05) is 11.6 Å². The smallest absolute Gasteiger partial charge is 0.290 e. The van der Waals surface area contributed by atoms with Gasteiger partial charge in [0.1, 0.15) is 11.3 Å². The fraction of sp³-hybridized carbons (Fsp3) is 0.214. The molecule has 3 aromatic carbocycles. The molecule has 2 heterocycles. The van der Waals surface area contributed by atoms with Crippen LogP contribution in [-0.4, -0.2) is 24.5 Å². The highest BCUT2D eigenvalue weighted by Gasteiger charge is 2.42. The number of benzene rings is 3. The van der Waals surface area contributed by atoms with Gasteiger partial charge in [0.15, 0.2) is 5.43 Å². The molecule has 1 amide bonds. The van der Waals surface area contributed by atoms with Gasteiger partial charge in [0.25, 0.3) is 5.91 Å². The molecule has 5 rings (SSSR count). The Labute approximate surface area is 202 Å². The highest BCUT2D eigenvalue weighted by molar-refractivity contribution is 6.30. The molecule has 4 aromatic rings. The Morgan fingerprint density at radius 2 is 1.71 bits per heavy atom. The van der Waals surface area contributed by atoms with Crippen molar-refractivity contribution in [2.75, 3.05) is 13.7 Å². The summed E-state index contributed by atoms with van der Waals surface area (Å²) in [6.07, 6.45) is 0.625. The predicted molar refractivity (Wildman–Crippen MR) is 133 cm³/mol. The first-order valence-corrected chi connectivity index (χ1v) is 11.5. The van der Waals surface area contributed by atoms with E-state index >= 15 is 0 Å². The molecule has 0 bridgehead atoms. The molecule has 5 nitrogen and oxygen atoms in total. The maximum absolute atomic E-state index is 13.7. The van der Waals surface area contributed by atoms with Crippen LogP contribution >= 0.6 is 11.6 Å². The van der Waals surface area contributed by atoms with E-state index in [4.69, 9.17) is 20.8 Å². The van der Waals surface area contributed by atoms with E-state index in [1.807, 2.05) is 62.4 Å². The molecule has 0 saturated heterocycles. The summed E-state index contributed by atoms with van der Waals surface area (Å²) in [5.74, 6) is 0.626. The summed E-state index contributed by atoms with van der Waals surface area (Å²) < 4.78 is 11.4. The Hall–Kier alpha value is -3.57. The lowest BCUT2D eigenvalue weighted by atomic mass is 9.97. The third-order valence-corrected chi connectivity index (χ3v) is 6.64. The van der Waals surface area contributed by atoms with Crippen LogP contribution in [0.3, 0.4) is 0 Å². The van der Waals surface area contributed by atoms with Gasteiger partial charge in [-0.05, 0) is 72.9 Å². The molecular weight excluding hydrogens is 450 g/mol. The number of carbonyl (C=O) groups excluding carboxylic acids is 1. The topological polar surface area (TPSA) is 59.8 Å². The lowest BCUT2D eigenvalue weighted by Gasteiger charge is -2.25. The molecule has 1 aliphatic heterocycles. The van der Waals surface area contributed by atoms with Crippen molar-refractivity contribution in [1.29, 1.82) is 0 Å². The van der Waals surface area contributed by atoms with Crippen LogP contribution in [0.15, 0.2) is 69.9 Å². The zero-order valence-electron chi connectivity index (χ0n) is 19.2. The Kier molecular flexibility index (Phi) is 5.66. The Morgan fingerprint density at radius 1 is 1.00 bits per heavy atom. The number of halogens is 1. The summed E-state index contributed by atoms with van der Waals surface area (Å²) >= 11 is 6.12. The van der Waals surface area contributed by atoms with Gasteiger partial charge in [-0.2, -0.15) is 0 Å². The normalized spacial score (nSPS) is 15.1. The number of fused-ring (bicyclic) bond motifs is 2. The predicted octanol–water partition coefficient (Wildman–Crippen LogP) is 5.86. The van der Waals surface area contributed by atoms with Gasteiger partial charge in [0.05, 0.1) is 24.1 Å². The second kappa shape index (κ2) is 8.65. The van der Waals surface area contributed by atoms with Crippen LogP contribution in [-0.2, 0) is 6.42 Å². The minimum atomic E-state index is -0.542. The number of hydrogen-bond acceptors (Lipinski definition) is 4. The number of carbonyl (C=O) groups is 1. The second-order valence-corrected chi connectivity index (χ2v) is 9.12. The SMILES string of the molecule is COc1ccc(CCN2C(=O)c3oc4c(C)cc(C)cc4c(=O)c3C2c2ccc(Cl)cc2)cc1. The number of methoxy groups -OCH3 is 1. The number of amides is 1. The van der Waals surface area contributed by atoms with Crippen molar-refractivity contribution in [3.63, 3.8) is 0 Å². The summed E-state index contributed by atoms with van der Waals surface area (Å²) in [5, 5.41) is 1.09. The molecule has 1 atom stereocenters. The molecule has 0 N–H and O–H groups in total. The second-order valence-electron chi connectivity index (χ2n) is 8.68. The van der Waals surface area contributed by atoms with E-state index in [9.17, 15) is 9.59 Å². The highest BCUT2D eigenvalue weighted by atomic mass is 35.5. The highest BCUT2D eigenvalue weighted by Crippen LogP contribution is 2.39. The largest absolute Gasteiger partial charge is 0.497 e. The van der Waals surface area contributed by atoms with Crippen LogP contribution in [0.5, 0.6) is 5.75 Å². The number of aryl methyl sites for hydroxylation is 2. The monoisotopic (exact) mass is 473 g/mol. The van der Waals surface area contributed by atoms with Gasteiger partial charge in [-0.25, -0.2) is 0 Å². The van der Waals surface area contributed by atoms with Crippen LogP contribution in [0.2, 0.25) is 5.02 Å². The maximum atomic E-state index is 13.7. The Bertz CT molecular complexity index is 1460. The molecular formula is C28H24ClNO4. The first kappa shape index (κ1) is 22.2. The minimum Gasteiger partial charge on any atom is -0.497 e. The van der Waals surface area contributed by atoms with Crippen molar-refractivity contribution < 1.29 is 13.9 Å². The maximum Gasteiger partial charge on any atom is 0.290 e. The van der Waals surface area contributed by atoms with Gasteiger partial charge in [0.2, 0.25) is 5.76 Å². The third kappa shape index (κ3) is 3.76. The van der Waals surface area contributed by atoms with E-state index in [1.165, 1.54) is 0 Å². The van der Waals surface area contributed by atoms with Crippen molar-refractivity contribution in [2.24, 2.45) is 0 Å². The Morgan fingerprint density at radius 3 is 2.38 bits per heavy atom. The molecule has 172 valence electrons. The van der Waals surface area contributed by atoms with E-state index in [-0.39, 0.29) is 17.1 Å². The van der Waals surface area contributed by atoms with Crippen LogP contribution in [0.4, 0.5) is 0 Å². The van der Waals surface area contributed by atoms with Crippen LogP contribution in [0.1, 0.15) is 44.4 Å². The van der Waals surface area contributed by atoms with E-state index < -0.39 is 6.04 Å². The molecule has 34 heavy (non-hydrogen) atoms. The van der Waals surface area contributed by atoms with E-state index in [0.29, 0.717) is 34.5 Å². The lowest BCUT2D eigenvalue weighted by Crippen LogP contribution is -2.31. The lowest BCUT2D eigenvalue weighted by molar-refractivity contribution is 0.0730. The van der Waals surface area contributed by atoms with Crippen LogP contribution in [0, 0.1) is 13.8 Å². The van der Waals surface area contributed by atoms with Gasteiger partial charge < -0.3 is 14.1 Å². The standard InChI is InChI=1S/C28H24ClNO4/c1-16-14-17(2)26-22(15-16)25(31)23-24(19-6-8-20(29)9-7-19)30(28(32)27(23)34-26)13-12-18-4-10-21(33-3)11-5-18/h4-11,14-15,24H,12-13H2,1-3H3. The summed E-state index contributed by atoms with van der Waals surface area (Å²) in [6, 6.07) is 18.3. The van der Waals surface area contributed by atoms with Gasteiger partial charge in [-0.3, -0.25) is 9.59 Å². The van der Waals surface area contributed by atoms with Crippen LogP contribution in [0.25, 0.3) is 11.0 Å². The fourth-order valence-corrected chi connectivity index (χ4v) is 4.86. The molecule has 0 aliphatic carbocycles. The van der Waals surface area contributed by atoms with Crippen LogP contribution < -0.4 is 10.2 Å². The minimum absolute atomic E-state index is 0.124. The molecule has 1 unspecified atom stereocenters. The average Bonchev–Trinajstić information content (AvgIpc) is 3.11. The molecule has 0 spiro atoms. The zero-order chi connectivity index (χ0) is 24.0. The van der Waals surface area contributed by atoms with E-state index in [2.05, 4.69) is 0 Å². The third-order valence-electron chi connectivity index (χ3n) is 6.38. The summed E-state index contributed by atoms with van der Waals surface area (Å²) in [5.41, 5.74) is 4.39. The van der Waals surface area contributed by atoms with Crippen molar-refractivity contribution in [3.05, 3.63) is 109 Å². The molecule has 0 fully saturated rings. The molecule has 0 radical (unpaired) electrons. The van der Waals surface area contributed by atoms with Gasteiger partial charge in [-0.1, -0.05) is 41.9 Å². The molecule has 6 heteroatoms. The van der Waals surface area contributed by atoms with Crippen molar-refractivity contribution in [3.8, 4) is 5.75 Å². The van der Waals surface area contributed by atoms with Gasteiger partial charge >= 0.3 is 0 Å². The number of ether oxygens (including phenoxy) is 1. The van der Waals surface area contributed by atoms with Gasteiger partial charge in [-0.15, -0.1) is 0 Å². The van der Waals surface area contributed by atoms with E-state index in [1.54, 1.807) is 24.1 Å². The van der Waals surface area contributed by atoms with Crippen molar-refractivity contribution in [1.82, 2.24) is 4.90 Å². The molecule has 0 saturated carbocycles. The summed E-state index contributed by atoms with van der Waals surface area (Å²) in [6.45, 7) is 4.26. The zero-order valence-corrected chi connectivity index (χ0v) is 20.0. The molecule has 1 aliphatic rings.